The summed E-state index contributed by atoms with van der Waals surface area (Å²) in [6, 6.07) is 13.7. The highest BCUT2D eigenvalue weighted by Gasteiger charge is 2.30. The van der Waals surface area contributed by atoms with Crippen molar-refractivity contribution in [3.8, 4) is 11.5 Å². The zero-order valence-electron chi connectivity index (χ0n) is 16.5. The SMILES string of the molecule is C=CCN1C(=O)/C(=C/c2cccc(OCCOc3ccc(C)cc3C)c2)SC1=S. The van der Waals surface area contributed by atoms with E-state index in [4.69, 9.17) is 21.7 Å². The van der Waals surface area contributed by atoms with Gasteiger partial charge in [0.1, 0.15) is 29.0 Å². The predicted octanol–water partition coefficient (Wildman–Crippen LogP) is 5.15. The Hall–Kier alpha value is -2.57. The molecule has 3 rings (SSSR count). The van der Waals surface area contributed by atoms with Crippen molar-refractivity contribution >= 4 is 40.3 Å². The molecule has 150 valence electrons. The molecule has 1 heterocycles. The summed E-state index contributed by atoms with van der Waals surface area (Å²) in [4.78, 5) is 14.6. The number of nitrogens with zero attached hydrogens (tertiary/aromatic N) is 1. The molecule has 0 aromatic heterocycles. The first kappa shape index (κ1) is 21.1. The monoisotopic (exact) mass is 425 g/mol. The fourth-order valence-corrected chi connectivity index (χ4v) is 4.18. The van der Waals surface area contributed by atoms with E-state index in [1.54, 1.807) is 11.0 Å². The second-order valence-electron chi connectivity index (χ2n) is 6.62. The van der Waals surface area contributed by atoms with Crippen LogP contribution >= 0.6 is 24.0 Å². The first-order valence-electron chi connectivity index (χ1n) is 9.27. The number of hydrogen-bond acceptors (Lipinski definition) is 5. The van der Waals surface area contributed by atoms with Gasteiger partial charge in [0, 0.05) is 6.54 Å². The third kappa shape index (κ3) is 5.49. The second-order valence-corrected chi connectivity index (χ2v) is 8.30. The van der Waals surface area contributed by atoms with Crippen LogP contribution in [0.25, 0.3) is 6.08 Å². The lowest BCUT2D eigenvalue weighted by molar-refractivity contribution is -0.121. The molecule has 1 saturated heterocycles. The number of aryl methyl sites for hydroxylation is 2. The molecular weight excluding hydrogens is 402 g/mol. The highest BCUT2D eigenvalue weighted by molar-refractivity contribution is 8.26. The first-order valence-corrected chi connectivity index (χ1v) is 10.5. The number of rotatable bonds is 8. The Morgan fingerprint density at radius 1 is 1.14 bits per heavy atom. The zero-order chi connectivity index (χ0) is 20.8. The molecule has 0 radical (unpaired) electrons. The first-order chi connectivity index (χ1) is 14.0. The van der Waals surface area contributed by atoms with Crippen molar-refractivity contribution < 1.29 is 14.3 Å². The van der Waals surface area contributed by atoms with Gasteiger partial charge in [0.2, 0.25) is 0 Å². The van der Waals surface area contributed by atoms with Crippen molar-refractivity contribution in [3.63, 3.8) is 0 Å². The molecule has 29 heavy (non-hydrogen) atoms. The molecule has 0 unspecified atom stereocenters. The normalized spacial score (nSPS) is 15.1. The predicted molar refractivity (Wildman–Crippen MR) is 123 cm³/mol. The number of carbonyl (C=O) groups excluding carboxylic acids is 1. The van der Waals surface area contributed by atoms with E-state index in [0.29, 0.717) is 29.0 Å². The minimum Gasteiger partial charge on any atom is -0.490 e. The van der Waals surface area contributed by atoms with Crippen LogP contribution in [-0.2, 0) is 4.79 Å². The molecule has 1 amide bonds. The minimum atomic E-state index is -0.0897. The van der Waals surface area contributed by atoms with Crippen LogP contribution in [0.15, 0.2) is 60.0 Å². The Kier molecular flexibility index (Phi) is 7.12. The van der Waals surface area contributed by atoms with Crippen molar-refractivity contribution in [1.82, 2.24) is 4.90 Å². The van der Waals surface area contributed by atoms with Gasteiger partial charge in [-0.05, 0) is 49.2 Å². The molecule has 6 heteroatoms. The van der Waals surface area contributed by atoms with Crippen LogP contribution in [0.5, 0.6) is 11.5 Å². The molecule has 0 saturated carbocycles. The van der Waals surface area contributed by atoms with Gasteiger partial charge in [-0.2, -0.15) is 0 Å². The van der Waals surface area contributed by atoms with Crippen molar-refractivity contribution in [3.05, 3.63) is 76.7 Å². The van der Waals surface area contributed by atoms with Gasteiger partial charge in [-0.1, -0.05) is 59.9 Å². The van der Waals surface area contributed by atoms with Gasteiger partial charge in [-0.3, -0.25) is 9.69 Å². The molecule has 4 nitrogen and oxygen atoms in total. The van der Waals surface area contributed by atoms with Gasteiger partial charge in [-0.25, -0.2) is 0 Å². The van der Waals surface area contributed by atoms with E-state index < -0.39 is 0 Å². The van der Waals surface area contributed by atoms with E-state index in [9.17, 15) is 4.79 Å². The summed E-state index contributed by atoms with van der Waals surface area (Å²) in [5, 5.41) is 0. The Bertz CT molecular complexity index is 968. The Balaban J connectivity index is 1.58. The van der Waals surface area contributed by atoms with Gasteiger partial charge in [0.25, 0.3) is 5.91 Å². The lowest BCUT2D eigenvalue weighted by atomic mass is 10.1. The highest BCUT2D eigenvalue weighted by atomic mass is 32.2. The number of carbonyl (C=O) groups is 1. The molecule has 2 aromatic rings. The summed E-state index contributed by atoms with van der Waals surface area (Å²) in [6.45, 7) is 9.06. The van der Waals surface area contributed by atoms with Crippen LogP contribution in [-0.4, -0.2) is 34.9 Å². The summed E-state index contributed by atoms with van der Waals surface area (Å²) in [6.07, 6.45) is 3.50. The maximum atomic E-state index is 12.4. The number of thiocarbonyl (C=S) groups is 1. The van der Waals surface area contributed by atoms with Gasteiger partial charge in [0.15, 0.2) is 0 Å². The molecule has 0 atom stereocenters. The summed E-state index contributed by atoms with van der Waals surface area (Å²) in [7, 11) is 0. The van der Waals surface area contributed by atoms with Gasteiger partial charge >= 0.3 is 0 Å². The molecule has 0 N–H and O–H groups in total. The average Bonchev–Trinajstić information content (AvgIpc) is 2.95. The Morgan fingerprint density at radius 2 is 1.93 bits per heavy atom. The van der Waals surface area contributed by atoms with Crippen LogP contribution < -0.4 is 9.47 Å². The van der Waals surface area contributed by atoms with Crippen molar-refractivity contribution in [1.29, 1.82) is 0 Å². The van der Waals surface area contributed by atoms with Gasteiger partial charge < -0.3 is 9.47 Å². The van der Waals surface area contributed by atoms with Gasteiger partial charge in [-0.15, -0.1) is 6.58 Å². The van der Waals surface area contributed by atoms with E-state index in [1.165, 1.54) is 17.3 Å². The van der Waals surface area contributed by atoms with E-state index >= 15 is 0 Å². The van der Waals surface area contributed by atoms with Crippen LogP contribution in [0.1, 0.15) is 16.7 Å². The van der Waals surface area contributed by atoms with Crippen LogP contribution in [0.3, 0.4) is 0 Å². The van der Waals surface area contributed by atoms with E-state index in [-0.39, 0.29) is 5.91 Å². The lowest BCUT2D eigenvalue weighted by Crippen LogP contribution is -2.27. The fourth-order valence-electron chi connectivity index (χ4n) is 2.90. The maximum absolute atomic E-state index is 12.4. The summed E-state index contributed by atoms with van der Waals surface area (Å²) < 4.78 is 12.2. The van der Waals surface area contributed by atoms with E-state index in [1.807, 2.05) is 49.4 Å². The third-order valence-corrected chi connectivity index (χ3v) is 5.66. The molecule has 0 spiro atoms. The van der Waals surface area contributed by atoms with Crippen molar-refractivity contribution in [2.24, 2.45) is 0 Å². The lowest BCUT2D eigenvalue weighted by Gasteiger charge is -2.11. The quantitative estimate of drug-likeness (QED) is 0.253. The Morgan fingerprint density at radius 3 is 2.69 bits per heavy atom. The molecule has 1 fully saturated rings. The van der Waals surface area contributed by atoms with Crippen molar-refractivity contribution in [2.45, 2.75) is 13.8 Å². The topological polar surface area (TPSA) is 38.8 Å². The van der Waals surface area contributed by atoms with Crippen molar-refractivity contribution in [2.75, 3.05) is 19.8 Å². The number of amides is 1. The molecule has 1 aliphatic rings. The number of benzene rings is 2. The van der Waals surface area contributed by atoms with E-state index in [0.717, 1.165) is 22.6 Å². The minimum absolute atomic E-state index is 0.0897. The van der Waals surface area contributed by atoms with Crippen LogP contribution in [0.2, 0.25) is 0 Å². The summed E-state index contributed by atoms with van der Waals surface area (Å²) >= 11 is 6.57. The molecular formula is C23H23NO3S2. The molecule has 0 bridgehead atoms. The Labute approximate surface area is 181 Å². The molecule has 1 aliphatic heterocycles. The summed E-state index contributed by atoms with van der Waals surface area (Å²) in [5.41, 5.74) is 3.21. The smallest absolute Gasteiger partial charge is 0.266 e. The summed E-state index contributed by atoms with van der Waals surface area (Å²) in [5.74, 6) is 1.51. The number of hydrogen-bond donors (Lipinski definition) is 0. The standard InChI is InChI=1S/C23H23NO3S2/c1-4-10-24-22(25)21(29-23(24)28)15-18-6-5-7-19(14-18)26-11-12-27-20-9-8-16(2)13-17(20)3/h4-9,13-15H,1,10-12H2,2-3H3/b21-15-. The average molecular weight is 426 g/mol. The number of ether oxygens (including phenoxy) is 2. The van der Waals surface area contributed by atoms with E-state index in [2.05, 4.69) is 19.6 Å². The van der Waals surface area contributed by atoms with Crippen LogP contribution in [0.4, 0.5) is 0 Å². The largest absolute Gasteiger partial charge is 0.490 e. The maximum Gasteiger partial charge on any atom is 0.266 e. The third-order valence-electron chi connectivity index (χ3n) is 4.28. The highest BCUT2D eigenvalue weighted by Crippen LogP contribution is 2.32. The molecule has 0 aliphatic carbocycles. The van der Waals surface area contributed by atoms with Gasteiger partial charge in [0.05, 0.1) is 4.91 Å². The number of thioether (sulfide) groups is 1. The zero-order valence-corrected chi connectivity index (χ0v) is 18.1. The second kappa shape index (κ2) is 9.76. The molecule has 2 aromatic carbocycles. The fraction of sp³-hybridized carbons (Fsp3) is 0.217. The van der Waals surface area contributed by atoms with Crippen LogP contribution in [0, 0.1) is 13.8 Å².